The Hall–Kier alpha value is -1.96. The van der Waals surface area contributed by atoms with Gasteiger partial charge < -0.3 is 16.2 Å². The normalized spacial score (nSPS) is 23.3. The molecule has 4 N–H and O–H groups in total. The summed E-state index contributed by atoms with van der Waals surface area (Å²) in [6.45, 7) is 0.400. The van der Waals surface area contributed by atoms with Gasteiger partial charge >= 0.3 is 0 Å². The summed E-state index contributed by atoms with van der Waals surface area (Å²) < 4.78 is 1.66. The molecule has 7 nitrogen and oxygen atoms in total. The van der Waals surface area contributed by atoms with Gasteiger partial charge in [0.05, 0.1) is 11.8 Å². The molecule has 8 heteroatoms. The standard InChI is InChI=1S/C15H19N5O2.ClH/c16-12-5-11(6-14(12)21)15(22)18-7-10-3-1-2-4-13(10)20-9-17-8-19-20;/h1-4,8-9,11-12,14,21H,5-7,16H2,(H,18,22);1H/t11-,12-,14-;/m0./s1. The van der Waals surface area contributed by atoms with Crippen molar-refractivity contribution in [3.8, 4) is 5.69 Å². The van der Waals surface area contributed by atoms with Crippen molar-refractivity contribution in [1.29, 1.82) is 0 Å². The molecule has 3 rings (SSSR count). The fraction of sp³-hybridized carbons (Fsp3) is 0.400. The number of amides is 1. The lowest BCUT2D eigenvalue weighted by Gasteiger charge is -2.13. The SMILES string of the molecule is Cl.N[C@H]1C[C@H](C(=O)NCc2ccccc2-n2cncn2)C[C@@H]1O. The number of carbonyl (C=O) groups excluding carboxylic acids is 1. The molecule has 2 aromatic rings. The highest BCUT2D eigenvalue weighted by molar-refractivity contribution is 5.85. The Morgan fingerprint density at radius 1 is 1.39 bits per heavy atom. The Morgan fingerprint density at radius 3 is 2.83 bits per heavy atom. The summed E-state index contributed by atoms with van der Waals surface area (Å²) in [4.78, 5) is 16.1. The first-order valence-corrected chi connectivity index (χ1v) is 7.29. The molecule has 0 radical (unpaired) electrons. The zero-order chi connectivity index (χ0) is 15.5. The molecule has 1 fully saturated rings. The van der Waals surface area contributed by atoms with Crippen LogP contribution in [0.2, 0.25) is 0 Å². The Bertz CT molecular complexity index is 639. The zero-order valence-electron chi connectivity index (χ0n) is 12.5. The summed E-state index contributed by atoms with van der Waals surface area (Å²) in [5.41, 5.74) is 7.58. The van der Waals surface area contributed by atoms with Gasteiger partial charge in [-0.3, -0.25) is 4.79 Å². The molecule has 0 unspecified atom stereocenters. The second kappa shape index (κ2) is 7.54. The van der Waals surface area contributed by atoms with Crippen LogP contribution in [0, 0.1) is 5.92 Å². The summed E-state index contributed by atoms with van der Waals surface area (Å²) in [5.74, 6) is -0.288. The minimum atomic E-state index is -0.585. The van der Waals surface area contributed by atoms with Gasteiger partial charge in [0, 0.05) is 18.5 Å². The average Bonchev–Trinajstić information content (AvgIpc) is 3.16. The fourth-order valence-electron chi connectivity index (χ4n) is 2.81. The number of aliphatic hydroxyl groups excluding tert-OH is 1. The number of rotatable bonds is 4. The van der Waals surface area contributed by atoms with E-state index in [1.54, 1.807) is 11.0 Å². The number of halogens is 1. The Balaban J connectivity index is 0.00000192. The molecule has 1 aliphatic rings. The second-order valence-electron chi connectivity index (χ2n) is 5.59. The summed E-state index contributed by atoms with van der Waals surface area (Å²) in [5, 5.41) is 16.7. The van der Waals surface area contributed by atoms with Gasteiger partial charge in [0.15, 0.2) is 0 Å². The molecular formula is C15H20ClN5O2. The summed E-state index contributed by atoms with van der Waals surface area (Å²) in [6, 6.07) is 7.38. The highest BCUT2D eigenvalue weighted by Crippen LogP contribution is 2.25. The van der Waals surface area contributed by atoms with E-state index in [-0.39, 0.29) is 30.3 Å². The van der Waals surface area contributed by atoms with Crippen LogP contribution in [0.5, 0.6) is 0 Å². The number of nitrogens with two attached hydrogens (primary N) is 1. The third-order valence-corrected chi connectivity index (χ3v) is 4.06. The van der Waals surface area contributed by atoms with E-state index in [0.29, 0.717) is 19.4 Å². The molecule has 1 aromatic heterocycles. The van der Waals surface area contributed by atoms with Gasteiger partial charge in [0.25, 0.3) is 0 Å². The van der Waals surface area contributed by atoms with Crippen molar-refractivity contribution in [2.75, 3.05) is 0 Å². The van der Waals surface area contributed by atoms with Gasteiger partial charge in [0.2, 0.25) is 5.91 Å². The smallest absolute Gasteiger partial charge is 0.223 e. The number of para-hydroxylation sites is 1. The van der Waals surface area contributed by atoms with Crippen LogP contribution in [0.15, 0.2) is 36.9 Å². The van der Waals surface area contributed by atoms with Crippen LogP contribution in [0.4, 0.5) is 0 Å². The van der Waals surface area contributed by atoms with Crippen LogP contribution in [-0.4, -0.2) is 37.9 Å². The van der Waals surface area contributed by atoms with Crippen molar-refractivity contribution in [1.82, 2.24) is 20.1 Å². The highest BCUT2D eigenvalue weighted by atomic mass is 35.5. The van der Waals surface area contributed by atoms with Crippen LogP contribution in [0.25, 0.3) is 5.69 Å². The summed E-state index contributed by atoms with van der Waals surface area (Å²) in [6.07, 6.45) is 3.46. The van der Waals surface area contributed by atoms with Crippen molar-refractivity contribution < 1.29 is 9.90 Å². The number of carbonyl (C=O) groups is 1. The van der Waals surface area contributed by atoms with Crippen LogP contribution in [-0.2, 0) is 11.3 Å². The topological polar surface area (TPSA) is 106 Å². The third-order valence-electron chi connectivity index (χ3n) is 4.06. The molecule has 1 saturated carbocycles. The lowest BCUT2D eigenvalue weighted by atomic mass is 10.1. The molecule has 124 valence electrons. The molecule has 0 aliphatic heterocycles. The van der Waals surface area contributed by atoms with Crippen LogP contribution in [0.1, 0.15) is 18.4 Å². The van der Waals surface area contributed by atoms with E-state index < -0.39 is 6.10 Å². The van der Waals surface area contributed by atoms with Gasteiger partial charge in [-0.05, 0) is 24.5 Å². The molecule has 23 heavy (non-hydrogen) atoms. The zero-order valence-corrected chi connectivity index (χ0v) is 13.3. The second-order valence-corrected chi connectivity index (χ2v) is 5.59. The van der Waals surface area contributed by atoms with Crippen LogP contribution >= 0.6 is 12.4 Å². The quantitative estimate of drug-likeness (QED) is 0.749. The maximum absolute atomic E-state index is 12.2. The van der Waals surface area contributed by atoms with E-state index in [1.807, 2.05) is 24.3 Å². The van der Waals surface area contributed by atoms with Crippen LogP contribution in [0.3, 0.4) is 0 Å². The first-order chi connectivity index (χ1) is 10.6. The van der Waals surface area contributed by atoms with Crippen molar-refractivity contribution in [2.24, 2.45) is 11.7 Å². The Morgan fingerprint density at radius 2 is 2.17 bits per heavy atom. The molecule has 1 heterocycles. The molecule has 0 saturated heterocycles. The molecule has 3 atom stereocenters. The predicted molar refractivity (Wildman–Crippen MR) is 87.2 cm³/mol. The van der Waals surface area contributed by atoms with E-state index >= 15 is 0 Å². The Labute approximate surface area is 140 Å². The maximum Gasteiger partial charge on any atom is 0.223 e. The van der Waals surface area contributed by atoms with Gasteiger partial charge in [-0.1, -0.05) is 18.2 Å². The van der Waals surface area contributed by atoms with Crippen LogP contribution < -0.4 is 11.1 Å². The molecule has 0 spiro atoms. The minimum Gasteiger partial charge on any atom is -0.391 e. The van der Waals surface area contributed by atoms with Crippen molar-refractivity contribution in [2.45, 2.75) is 31.5 Å². The highest BCUT2D eigenvalue weighted by Gasteiger charge is 2.34. The van der Waals surface area contributed by atoms with E-state index in [1.165, 1.54) is 6.33 Å². The lowest BCUT2D eigenvalue weighted by molar-refractivity contribution is -0.125. The molecule has 1 aromatic carbocycles. The maximum atomic E-state index is 12.2. The monoisotopic (exact) mass is 337 g/mol. The van der Waals surface area contributed by atoms with Crippen molar-refractivity contribution in [3.63, 3.8) is 0 Å². The van der Waals surface area contributed by atoms with E-state index in [2.05, 4.69) is 15.4 Å². The van der Waals surface area contributed by atoms with Crippen molar-refractivity contribution in [3.05, 3.63) is 42.5 Å². The number of aromatic nitrogens is 3. The van der Waals surface area contributed by atoms with Gasteiger partial charge in [-0.15, -0.1) is 12.4 Å². The average molecular weight is 338 g/mol. The summed E-state index contributed by atoms with van der Waals surface area (Å²) >= 11 is 0. The number of nitrogens with one attached hydrogen (secondary N) is 1. The Kier molecular flexibility index (Phi) is 5.70. The molecule has 0 bridgehead atoms. The number of benzene rings is 1. The lowest BCUT2D eigenvalue weighted by Crippen LogP contribution is -2.30. The van der Waals surface area contributed by atoms with E-state index in [0.717, 1.165) is 11.3 Å². The van der Waals surface area contributed by atoms with Gasteiger partial charge in [0.1, 0.15) is 12.7 Å². The fourth-order valence-corrected chi connectivity index (χ4v) is 2.81. The number of hydrogen-bond acceptors (Lipinski definition) is 5. The summed E-state index contributed by atoms with van der Waals surface area (Å²) in [7, 11) is 0. The largest absolute Gasteiger partial charge is 0.391 e. The number of aliphatic hydroxyl groups is 1. The van der Waals surface area contributed by atoms with E-state index in [9.17, 15) is 9.90 Å². The molecular weight excluding hydrogens is 318 g/mol. The number of nitrogens with zero attached hydrogens (tertiary/aromatic N) is 3. The first kappa shape index (κ1) is 17.4. The first-order valence-electron chi connectivity index (χ1n) is 7.29. The van der Waals surface area contributed by atoms with Gasteiger partial charge in [-0.25, -0.2) is 9.67 Å². The third kappa shape index (κ3) is 3.87. The minimum absolute atomic E-state index is 0. The van der Waals surface area contributed by atoms with Crippen molar-refractivity contribution >= 4 is 18.3 Å². The number of hydrogen-bond donors (Lipinski definition) is 3. The molecule has 1 aliphatic carbocycles. The van der Waals surface area contributed by atoms with E-state index in [4.69, 9.17) is 5.73 Å². The predicted octanol–water partition coefficient (Wildman–Crippen LogP) is 0.403. The molecule has 1 amide bonds. The van der Waals surface area contributed by atoms with Gasteiger partial charge in [-0.2, -0.15) is 5.10 Å².